The lowest BCUT2D eigenvalue weighted by molar-refractivity contribution is -0.125. The van der Waals surface area contributed by atoms with Crippen LogP contribution in [0.25, 0.3) is 0 Å². The van der Waals surface area contributed by atoms with Gasteiger partial charge in [0.25, 0.3) is 0 Å². The number of hydrogen-bond donors (Lipinski definition) is 0. The summed E-state index contributed by atoms with van der Waals surface area (Å²) in [6.07, 6.45) is 17.2. The van der Waals surface area contributed by atoms with Crippen molar-refractivity contribution in [3.8, 4) is 0 Å². The second-order valence-electron chi connectivity index (χ2n) is 11.6. The van der Waals surface area contributed by atoms with Crippen LogP contribution in [0.3, 0.4) is 0 Å². The van der Waals surface area contributed by atoms with Gasteiger partial charge in [0.05, 0.1) is 0 Å². The molecule has 1 heteroatoms. The van der Waals surface area contributed by atoms with Gasteiger partial charge in [-0.3, -0.25) is 4.79 Å². The molecule has 4 rings (SSSR count). The van der Waals surface area contributed by atoms with E-state index in [2.05, 4.69) is 46.8 Å². The van der Waals surface area contributed by atoms with Crippen molar-refractivity contribution in [2.45, 2.75) is 98.8 Å². The monoisotopic (exact) mass is 382 g/mol. The summed E-state index contributed by atoms with van der Waals surface area (Å²) in [7, 11) is 0. The Labute approximate surface area is 173 Å². The third kappa shape index (κ3) is 3.25. The van der Waals surface area contributed by atoms with Crippen molar-refractivity contribution in [2.75, 3.05) is 0 Å². The highest BCUT2D eigenvalue weighted by atomic mass is 16.1. The number of ketones is 1. The third-order valence-corrected chi connectivity index (χ3v) is 9.56. The van der Waals surface area contributed by atoms with Gasteiger partial charge in [-0.25, -0.2) is 0 Å². The number of rotatable bonds is 5. The molecule has 4 aliphatic carbocycles. The van der Waals surface area contributed by atoms with Gasteiger partial charge in [-0.1, -0.05) is 71.6 Å². The molecule has 0 saturated heterocycles. The summed E-state index contributed by atoms with van der Waals surface area (Å²) in [4.78, 5) is 12.1. The minimum absolute atomic E-state index is 0.327. The van der Waals surface area contributed by atoms with E-state index in [-0.39, 0.29) is 0 Å². The molecular formula is C27H42O. The SMILES string of the molecule is CC(C)CCC[C@@H](C)[C@H]1CCC2=C3C=C[C@H]4CC(=O)CC[C@]4(C)[C@H]3CC[C@@]21C. The first kappa shape index (κ1) is 20.4. The predicted molar refractivity (Wildman–Crippen MR) is 118 cm³/mol. The highest BCUT2D eigenvalue weighted by Gasteiger charge is 2.54. The maximum atomic E-state index is 12.1. The van der Waals surface area contributed by atoms with E-state index in [0.29, 0.717) is 28.4 Å². The zero-order valence-electron chi connectivity index (χ0n) is 19.0. The van der Waals surface area contributed by atoms with Gasteiger partial charge in [0.15, 0.2) is 0 Å². The smallest absolute Gasteiger partial charge is 0.133 e. The van der Waals surface area contributed by atoms with Crippen LogP contribution in [-0.4, -0.2) is 5.78 Å². The number of fused-ring (bicyclic) bond motifs is 4. The van der Waals surface area contributed by atoms with E-state index in [1.54, 1.807) is 5.57 Å². The summed E-state index contributed by atoms with van der Waals surface area (Å²) in [5.74, 6) is 4.23. The molecule has 0 bridgehead atoms. The Hall–Kier alpha value is -0.850. The lowest BCUT2D eigenvalue weighted by Gasteiger charge is -2.53. The second kappa shape index (κ2) is 7.44. The molecule has 0 aromatic heterocycles. The Balaban J connectivity index is 1.58. The standard InChI is InChI=1S/C27H42O/c1-18(2)7-6-8-19(3)23-11-12-24-22-10-9-20-17-21(28)13-15-26(20,4)25(22)14-16-27(23,24)5/h9-10,18-20,23,25H,6-8,11-17H2,1-5H3/t19-,20+,23-,25+,26+,27-/m1/s1. The molecule has 0 aromatic carbocycles. The Morgan fingerprint density at radius 2 is 1.86 bits per heavy atom. The fraction of sp³-hybridized carbons (Fsp3) is 0.815. The maximum absolute atomic E-state index is 12.1. The van der Waals surface area contributed by atoms with Gasteiger partial charge in [0.1, 0.15) is 5.78 Å². The Morgan fingerprint density at radius 1 is 1.07 bits per heavy atom. The Bertz CT molecular complexity index is 682. The van der Waals surface area contributed by atoms with Crippen LogP contribution in [0.2, 0.25) is 0 Å². The second-order valence-corrected chi connectivity index (χ2v) is 11.6. The fourth-order valence-corrected chi connectivity index (χ4v) is 7.73. The van der Waals surface area contributed by atoms with E-state index in [9.17, 15) is 4.79 Å². The van der Waals surface area contributed by atoms with Crippen LogP contribution in [0.1, 0.15) is 98.8 Å². The predicted octanol–water partition coefficient (Wildman–Crippen LogP) is 7.52. The minimum Gasteiger partial charge on any atom is -0.300 e. The van der Waals surface area contributed by atoms with Crippen molar-refractivity contribution >= 4 is 5.78 Å². The molecule has 0 unspecified atom stereocenters. The first-order valence-corrected chi connectivity index (χ1v) is 12.2. The first-order valence-electron chi connectivity index (χ1n) is 12.2. The highest BCUT2D eigenvalue weighted by molar-refractivity contribution is 5.80. The molecule has 1 nitrogen and oxygen atoms in total. The maximum Gasteiger partial charge on any atom is 0.133 e. The van der Waals surface area contributed by atoms with Crippen molar-refractivity contribution in [3.63, 3.8) is 0 Å². The molecule has 2 saturated carbocycles. The molecule has 156 valence electrons. The van der Waals surface area contributed by atoms with Crippen LogP contribution in [0.15, 0.2) is 23.3 Å². The molecule has 0 aliphatic heterocycles. The molecule has 4 aliphatic rings. The molecule has 6 atom stereocenters. The van der Waals surface area contributed by atoms with Gasteiger partial charge in [-0.05, 0) is 78.1 Å². The summed E-state index contributed by atoms with van der Waals surface area (Å²) in [5.41, 5.74) is 4.28. The number of allylic oxidation sites excluding steroid dienone is 4. The summed E-state index contributed by atoms with van der Waals surface area (Å²) < 4.78 is 0. The average Bonchev–Trinajstić information content (AvgIpc) is 2.99. The quantitative estimate of drug-likeness (QED) is 0.480. The van der Waals surface area contributed by atoms with Crippen molar-refractivity contribution in [3.05, 3.63) is 23.3 Å². The molecule has 2 fully saturated rings. The van der Waals surface area contributed by atoms with Gasteiger partial charge in [0.2, 0.25) is 0 Å². The highest BCUT2D eigenvalue weighted by Crippen LogP contribution is 2.64. The largest absolute Gasteiger partial charge is 0.300 e. The zero-order chi connectivity index (χ0) is 20.1. The summed E-state index contributed by atoms with van der Waals surface area (Å²) in [5, 5.41) is 0. The van der Waals surface area contributed by atoms with E-state index < -0.39 is 0 Å². The number of Topliss-reactive ketones (excluding diaryl/α,β-unsaturated/α-hetero) is 1. The van der Waals surface area contributed by atoms with Gasteiger partial charge < -0.3 is 0 Å². The average molecular weight is 383 g/mol. The van der Waals surface area contributed by atoms with E-state index >= 15 is 0 Å². The van der Waals surface area contributed by atoms with Crippen LogP contribution in [-0.2, 0) is 4.79 Å². The fourth-order valence-electron chi connectivity index (χ4n) is 7.73. The molecule has 0 amide bonds. The van der Waals surface area contributed by atoms with E-state index in [1.807, 2.05) is 5.57 Å². The van der Waals surface area contributed by atoms with Gasteiger partial charge in [0, 0.05) is 12.8 Å². The summed E-state index contributed by atoms with van der Waals surface area (Å²) >= 11 is 0. The van der Waals surface area contributed by atoms with Crippen molar-refractivity contribution in [2.24, 2.45) is 40.4 Å². The van der Waals surface area contributed by atoms with Gasteiger partial charge in [-0.15, -0.1) is 0 Å². The molecule has 0 heterocycles. The van der Waals surface area contributed by atoms with Crippen molar-refractivity contribution in [1.29, 1.82) is 0 Å². The van der Waals surface area contributed by atoms with E-state index in [4.69, 9.17) is 0 Å². The molecule has 0 spiro atoms. The summed E-state index contributed by atoms with van der Waals surface area (Å²) in [6.45, 7) is 12.4. The zero-order valence-corrected chi connectivity index (χ0v) is 19.0. The molecule has 0 N–H and O–H groups in total. The Morgan fingerprint density at radius 3 is 2.61 bits per heavy atom. The Kier molecular flexibility index (Phi) is 5.43. The van der Waals surface area contributed by atoms with Crippen molar-refractivity contribution < 1.29 is 4.79 Å². The topological polar surface area (TPSA) is 17.1 Å². The van der Waals surface area contributed by atoms with Crippen LogP contribution >= 0.6 is 0 Å². The van der Waals surface area contributed by atoms with Crippen LogP contribution in [0, 0.1) is 40.4 Å². The van der Waals surface area contributed by atoms with E-state index in [1.165, 1.54) is 44.9 Å². The molecule has 0 radical (unpaired) electrons. The number of hydrogen-bond acceptors (Lipinski definition) is 1. The molecule has 0 aromatic rings. The third-order valence-electron chi connectivity index (χ3n) is 9.56. The lowest BCUT2D eigenvalue weighted by atomic mass is 9.51. The van der Waals surface area contributed by atoms with Crippen LogP contribution < -0.4 is 0 Å². The number of carbonyl (C=O) groups excluding carboxylic acids is 1. The first-order chi connectivity index (χ1) is 13.3. The van der Waals surface area contributed by atoms with Gasteiger partial charge >= 0.3 is 0 Å². The lowest BCUT2D eigenvalue weighted by Crippen LogP contribution is -2.45. The van der Waals surface area contributed by atoms with Crippen LogP contribution in [0.5, 0.6) is 0 Å². The van der Waals surface area contributed by atoms with E-state index in [0.717, 1.165) is 37.0 Å². The van der Waals surface area contributed by atoms with Crippen LogP contribution in [0.4, 0.5) is 0 Å². The minimum atomic E-state index is 0.327. The van der Waals surface area contributed by atoms with Gasteiger partial charge in [-0.2, -0.15) is 0 Å². The normalized spacial score (nSPS) is 41.1. The summed E-state index contributed by atoms with van der Waals surface area (Å²) in [6, 6.07) is 0. The molecular weight excluding hydrogens is 340 g/mol. The van der Waals surface area contributed by atoms with Crippen molar-refractivity contribution in [1.82, 2.24) is 0 Å². The number of carbonyl (C=O) groups is 1. The molecule has 28 heavy (non-hydrogen) atoms.